The summed E-state index contributed by atoms with van der Waals surface area (Å²) >= 11 is 3.22. The minimum absolute atomic E-state index is 0.497. The van der Waals surface area contributed by atoms with Crippen LogP contribution in [0.15, 0.2) is 28.7 Å². The summed E-state index contributed by atoms with van der Waals surface area (Å²) in [5.74, 6) is -0.703. The molecule has 0 saturated carbocycles. The van der Waals surface area contributed by atoms with E-state index in [0.717, 1.165) is 4.47 Å². The van der Waals surface area contributed by atoms with Gasteiger partial charge in [0.05, 0.1) is 0 Å². The van der Waals surface area contributed by atoms with Gasteiger partial charge in [0, 0.05) is 10.2 Å². The minimum atomic E-state index is -4.29. The third-order valence-corrected chi connectivity index (χ3v) is 2.71. The summed E-state index contributed by atoms with van der Waals surface area (Å²) in [6.45, 7) is 0. The molecule has 15 heavy (non-hydrogen) atoms. The molecule has 1 aromatic rings. The molecule has 1 rings (SSSR count). The van der Waals surface area contributed by atoms with Crippen molar-refractivity contribution >= 4 is 35.1 Å². The molecule has 0 unspecified atom stereocenters. The Balaban J connectivity index is 2.59. The van der Waals surface area contributed by atoms with Crippen LogP contribution < -0.4 is 5.32 Å². The minimum Gasteiger partial charge on any atom is -0.326 e. The molecule has 1 aromatic carbocycles. The first-order valence-corrected chi connectivity index (χ1v) is 6.56. The molecular formula is C8H9BrNO4P. The van der Waals surface area contributed by atoms with Crippen molar-refractivity contribution in [2.24, 2.45) is 0 Å². The Morgan fingerprint density at radius 3 is 2.33 bits per heavy atom. The lowest BCUT2D eigenvalue weighted by Gasteiger charge is -2.05. The second-order valence-corrected chi connectivity index (χ2v) is 5.44. The maximum atomic E-state index is 11.1. The van der Waals surface area contributed by atoms with E-state index in [1.54, 1.807) is 24.3 Å². The van der Waals surface area contributed by atoms with Crippen LogP contribution in [0.5, 0.6) is 0 Å². The van der Waals surface area contributed by atoms with Crippen LogP contribution in [0.3, 0.4) is 0 Å². The summed E-state index contributed by atoms with van der Waals surface area (Å²) in [6.07, 6.45) is -0.803. The summed E-state index contributed by atoms with van der Waals surface area (Å²) < 4.78 is 11.4. The van der Waals surface area contributed by atoms with E-state index in [2.05, 4.69) is 21.2 Å². The number of nitrogens with one attached hydrogen (secondary N) is 1. The molecule has 0 aliphatic heterocycles. The van der Waals surface area contributed by atoms with Crippen molar-refractivity contribution in [2.45, 2.75) is 0 Å². The predicted molar refractivity (Wildman–Crippen MR) is 59.7 cm³/mol. The van der Waals surface area contributed by atoms with Crippen molar-refractivity contribution in [2.75, 3.05) is 11.5 Å². The molecule has 0 aliphatic carbocycles. The summed E-state index contributed by atoms with van der Waals surface area (Å²) in [6, 6.07) is 6.68. The van der Waals surface area contributed by atoms with Crippen LogP contribution in [-0.2, 0) is 9.36 Å². The smallest absolute Gasteiger partial charge is 0.326 e. The quantitative estimate of drug-likeness (QED) is 0.738. The van der Waals surface area contributed by atoms with Crippen molar-refractivity contribution in [3.8, 4) is 0 Å². The second kappa shape index (κ2) is 4.90. The Morgan fingerprint density at radius 2 is 1.87 bits per heavy atom. The van der Waals surface area contributed by atoms with Gasteiger partial charge in [0.2, 0.25) is 5.91 Å². The zero-order valence-corrected chi connectivity index (χ0v) is 10.0. The van der Waals surface area contributed by atoms with Crippen molar-refractivity contribution in [3.63, 3.8) is 0 Å². The lowest BCUT2D eigenvalue weighted by atomic mass is 10.3. The Hall–Kier alpha value is -0.680. The fourth-order valence-corrected chi connectivity index (χ4v) is 1.64. The van der Waals surface area contributed by atoms with E-state index in [0.29, 0.717) is 5.69 Å². The highest BCUT2D eigenvalue weighted by molar-refractivity contribution is 9.10. The monoisotopic (exact) mass is 293 g/mol. The van der Waals surface area contributed by atoms with E-state index in [1.807, 2.05) is 0 Å². The SMILES string of the molecule is O=C(CP(=O)(O)O)Nc1ccc(Br)cc1. The fourth-order valence-electron chi connectivity index (χ4n) is 0.921. The van der Waals surface area contributed by atoms with Gasteiger partial charge in [-0.1, -0.05) is 15.9 Å². The summed E-state index contributed by atoms with van der Waals surface area (Å²) in [5.41, 5.74) is 0.497. The van der Waals surface area contributed by atoms with E-state index in [4.69, 9.17) is 9.79 Å². The number of benzene rings is 1. The number of anilines is 1. The highest BCUT2D eigenvalue weighted by Crippen LogP contribution is 2.33. The zero-order chi connectivity index (χ0) is 11.5. The molecule has 1 amide bonds. The molecule has 0 saturated heterocycles. The highest BCUT2D eigenvalue weighted by atomic mass is 79.9. The van der Waals surface area contributed by atoms with Crippen molar-refractivity contribution in [1.29, 1.82) is 0 Å². The van der Waals surface area contributed by atoms with Crippen LogP contribution in [0, 0.1) is 0 Å². The van der Waals surface area contributed by atoms with Crippen LogP contribution in [-0.4, -0.2) is 21.9 Å². The lowest BCUT2D eigenvalue weighted by molar-refractivity contribution is -0.114. The van der Waals surface area contributed by atoms with Crippen LogP contribution in [0.2, 0.25) is 0 Å². The first-order chi connectivity index (χ1) is 6.87. The van der Waals surface area contributed by atoms with Gasteiger partial charge in [-0.05, 0) is 24.3 Å². The average molecular weight is 294 g/mol. The summed E-state index contributed by atoms with van der Waals surface area (Å²) in [5, 5.41) is 2.37. The van der Waals surface area contributed by atoms with Crippen molar-refractivity contribution in [3.05, 3.63) is 28.7 Å². The van der Waals surface area contributed by atoms with Gasteiger partial charge in [0.25, 0.3) is 0 Å². The molecule has 0 heterocycles. The van der Waals surface area contributed by atoms with Crippen LogP contribution >= 0.6 is 23.5 Å². The van der Waals surface area contributed by atoms with E-state index in [-0.39, 0.29) is 0 Å². The Kier molecular flexibility index (Phi) is 4.04. The molecule has 82 valence electrons. The number of amides is 1. The van der Waals surface area contributed by atoms with Crippen molar-refractivity contribution < 1.29 is 19.1 Å². The number of carbonyl (C=O) groups excluding carboxylic acids is 1. The van der Waals surface area contributed by atoms with E-state index >= 15 is 0 Å². The first-order valence-electron chi connectivity index (χ1n) is 3.97. The highest BCUT2D eigenvalue weighted by Gasteiger charge is 2.18. The molecule has 3 N–H and O–H groups in total. The standard InChI is InChI=1S/C8H9BrNO4P/c9-6-1-3-7(4-2-6)10-8(11)5-15(12,13)14/h1-4H,5H2,(H,10,11)(H2,12,13,14). The molecule has 0 radical (unpaired) electrons. The number of hydrogen-bond acceptors (Lipinski definition) is 2. The molecular weight excluding hydrogens is 285 g/mol. The topological polar surface area (TPSA) is 86.6 Å². The van der Waals surface area contributed by atoms with Gasteiger partial charge in [-0.15, -0.1) is 0 Å². The normalized spacial score (nSPS) is 11.1. The Bertz CT molecular complexity index is 400. The molecule has 7 heteroatoms. The van der Waals surface area contributed by atoms with Gasteiger partial charge in [-0.2, -0.15) is 0 Å². The van der Waals surface area contributed by atoms with Gasteiger partial charge in [-0.3, -0.25) is 9.36 Å². The van der Waals surface area contributed by atoms with Crippen LogP contribution in [0.4, 0.5) is 5.69 Å². The van der Waals surface area contributed by atoms with Crippen molar-refractivity contribution in [1.82, 2.24) is 0 Å². The molecule has 5 nitrogen and oxygen atoms in total. The molecule has 0 fully saturated rings. The number of hydrogen-bond donors (Lipinski definition) is 3. The van der Waals surface area contributed by atoms with Gasteiger partial charge in [0.1, 0.15) is 6.16 Å². The Labute approximate surface area is 94.8 Å². The average Bonchev–Trinajstić information content (AvgIpc) is 2.05. The molecule has 0 aliphatic rings. The van der Waals surface area contributed by atoms with Crippen LogP contribution in [0.1, 0.15) is 0 Å². The lowest BCUT2D eigenvalue weighted by Crippen LogP contribution is -2.15. The maximum absolute atomic E-state index is 11.1. The van der Waals surface area contributed by atoms with Gasteiger partial charge in [-0.25, -0.2) is 0 Å². The van der Waals surface area contributed by atoms with E-state index in [1.165, 1.54) is 0 Å². The van der Waals surface area contributed by atoms with Gasteiger partial charge >= 0.3 is 7.60 Å². The second-order valence-electron chi connectivity index (χ2n) is 2.88. The summed E-state index contributed by atoms with van der Waals surface area (Å²) in [7, 11) is -4.29. The predicted octanol–water partition coefficient (Wildman–Crippen LogP) is 1.57. The summed E-state index contributed by atoms with van der Waals surface area (Å²) in [4.78, 5) is 28.2. The number of rotatable bonds is 3. The van der Waals surface area contributed by atoms with Gasteiger partial charge in [0.15, 0.2) is 0 Å². The number of halogens is 1. The molecule has 0 bridgehead atoms. The maximum Gasteiger partial charge on any atom is 0.334 e. The third kappa shape index (κ3) is 5.09. The Morgan fingerprint density at radius 1 is 1.33 bits per heavy atom. The van der Waals surface area contributed by atoms with Crippen LogP contribution in [0.25, 0.3) is 0 Å². The van der Waals surface area contributed by atoms with E-state index in [9.17, 15) is 9.36 Å². The zero-order valence-electron chi connectivity index (χ0n) is 7.55. The third-order valence-electron chi connectivity index (χ3n) is 1.48. The molecule has 0 aromatic heterocycles. The van der Waals surface area contributed by atoms with E-state index < -0.39 is 19.7 Å². The molecule has 0 spiro atoms. The van der Waals surface area contributed by atoms with Gasteiger partial charge < -0.3 is 15.1 Å². The first kappa shape index (κ1) is 12.4. The number of carbonyl (C=O) groups is 1. The fraction of sp³-hybridized carbons (Fsp3) is 0.125. The molecule has 0 atom stereocenters. The largest absolute Gasteiger partial charge is 0.334 e.